The molecule has 0 fully saturated rings. The van der Waals surface area contributed by atoms with Crippen molar-refractivity contribution in [2.24, 2.45) is 0 Å². The molecule has 2 nitrogen and oxygen atoms in total. The quantitative estimate of drug-likeness (QED) is 0.400. The Labute approximate surface area is 157 Å². The molecule has 0 saturated carbocycles. The van der Waals surface area contributed by atoms with Crippen LogP contribution in [-0.2, 0) is 13.0 Å². The Morgan fingerprint density at radius 2 is 1.38 bits per heavy atom. The van der Waals surface area contributed by atoms with E-state index in [9.17, 15) is 0 Å². The van der Waals surface area contributed by atoms with Crippen LogP contribution in [0, 0.1) is 0 Å². The molecule has 0 amide bonds. The second kappa shape index (κ2) is 6.50. The number of nitrogens with zero attached hydrogens (tertiary/aromatic N) is 2. The van der Waals surface area contributed by atoms with Crippen LogP contribution >= 0.6 is 11.8 Å². The van der Waals surface area contributed by atoms with E-state index in [2.05, 4.69) is 83.4 Å². The minimum Gasteiger partial charge on any atom is -0.330 e. The maximum atomic E-state index is 4.82. The van der Waals surface area contributed by atoms with Crippen molar-refractivity contribution < 1.29 is 0 Å². The molecule has 4 aromatic rings. The van der Waals surface area contributed by atoms with Crippen molar-refractivity contribution in [2.75, 3.05) is 0 Å². The normalized spacial score (nSPS) is 12.0. The largest absolute Gasteiger partial charge is 0.330 e. The Morgan fingerprint density at radius 3 is 2.19 bits per heavy atom. The summed E-state index contributed by atoms with van der Waals surface area (Å²) in [6.45, 7) is 0.924. The Balaban J connectivity index is 1.63. The van der Waals surface area contributed by atoms with Gasteiger partial charge in [0.05, 0.1) is 17.7 Å². The Kier molecular flexibility index (Phi) is 3.87. The van der Waals surface area contributed by atoms with Gasteiger partial charge in [0.15, 0.2) is 0 Å². The molecular formula is C23H18N2S. The van der Waals surface area contributed by atoms with Gasteiger partial charge in [-0.2, -0.15) is 0 Å². The van der Waals surface area contributed by atoms with Crippen LogP contribution in [0.3, 0.4) is 0 Å². The standard InChI is InChI=1S/C23H18N2S/c1-2-8-17(9-3-1)14-15-25-16-24-22-18-10-4-6-12-20(18)26-21-13-7-5-11-19(21)23(22)25/h1-13,16H,14-15H2. The topological polar surface area (TPSA) is 17.8 Å². The Hall–Kier alpha value is -2.78. The molecule has 5 rings (SSSR count). The van der Waals surface area contributed by atoms with Gasteiger partial charge in [0, 0.05) is 27.5 Å². The van der Waals surface area contributed by atoms with Crippen molar-refractivity contribution >= 4 is 11.8 Å². The number of imidazole rings is 1. The van der Waals surface area contributed by atoms with Crippen LogP contribution in [0.5, 0.6) is 0 Å². The van der Waals surface area contributed by atoms with Gasteiger partial charge in [-0.1, -0.05) is 78.5 Å². The van der Waals surface area contributed by atoms with Crippen molar-refractivity contribution in [3.63, 3.8) is 0 Å². The zero-order chi connectivity index (χ0) is 17.3. The molecule has 0 atom stereocenters. The summed E-state index contributed by atoms with van der Waals surface area (Å²) in [4.78, 5) is 7.38. The summed E-state index contributed by atoms with van der Waals surface area (Å²) < 4.78 is 2.31. The third-order valence-corrected chi connectivity index (χ3v) is 5.98. The molecule has 0 spiro atoms. The van der Waals surface area contributed by atoms with E-state index in [1.807, 2.05) is 18.1 Å². The minimum atomic E-state index is 0.924. The highest BCUT2D eigenvalue weighted by atomic mass is 32.2. The van der Waals surface area contributed by atoms with Crippen molar-refractivity contribution in [3.8, 4) is 22.5 Å². The summed E-state index contributed by atoms with van der Waals surface area (Å²) in [6, 6.07) is 27.9. The predicted molar refractivity (Wildman–Crippen MR) is 107 cm³/mol. The fourth-order valence-corrected chi connectivity index (χ4v) is 4.63. The number of aryl methyl sites for hydroxylation is 2. The molecule has 126 valence electrons. The lowest BCUT2D eigenvalue weighted by molar-refractivity contribution is 0.701. The average Bonchev–Trinajstić information content (AvgIpc) is 3.05. The van der Waals surface area contributed by atoms with E-state index in [1.54, 1.807) is 0 Å². The Bertz CT molecular complexity index is 1070. The van der Waals surface area contributed by atoms with Crippen LogP contribution < -0.4 is 0 Å². The summed E-state index contributed by atoms with van der Waals surface area (Å²) >= 11 is 1.83. The lowest BCUT2D eigenvalue weighted by Gasteiger charge is -2.11. The van der Waals surface area contributed by atoms with Crippen LogP contribution in [0.4, 0.5) is 0 Å². The summed E-state index contributed by atoms with van der Waals surface area (Å²) in [5.74, 6) is 0. The molecule has 3 heteroatoms. The van der Waals surface area contributed by atoms with E-state index in [4.69, 9.17) is 4.98 Å². The maximum Gasteiger partial charge on any atom is 0.0974 e. The van der Waals surface area contributed by atoms with Gasteiger partial charge in [-0.15, -0.1) is 0 Å². The molecule has 0 N–H and O–H groups in total. The van der Waals surface area contributed by atoms with Crippen LogP contribution in [-0.4, -0.2) is 9.55 Å². The SMILES string of the molecule is c1ccc(CCn2cnc3c2-c2ccccc2Sc2ccccc2-3)cc1. The molecule has 0 radical (unpaired) electrons. The molecule has 1 aliphatic heterocycles. The fourth-order valence-electron chi connectivity index (χ4n) is 3.55. The van der Waals surface area contributed by atoms with E-state index in [0.717, 1.165) is 18.7 Å². The number of hydrogen-bond acceptors (Lipinski definition) is 2. The second-order valence-corrected chi connectivity index (χ2v) is 7.55. The van der Waals surface area contributed by atoms with E-state index in [1.165, 1.54) is 32.2 Å². The molecule has 0 saturated heterocycles. The molecule has 1 aliphatic rings. The van der Waals surface area contributed by atoms with Gasteiger partial charge in [0.25, 0.3) is 0 Å². The van der Waals surface area contributed by atoms with Crippen molar-refractivity contribution in [1.82, 2.24) is 9.55 Å². The highest BCUT2D eigenvalue weighted by molar-refractivity contribution is 7.99. The van der Waals surface area contributed by atoms with Crippen molar-refractivity contribution in [2.45, 2.75) is 22.8 Å². The van der Waals surface area contributed by atoms with E-state index < -0.39 is 0 Å². The van der Waals surface area contributed by atoms with Gasteiger partial charge >= 0.3 is 0 Å². The predicted octanol–water partition coefficient (Wildman–Crippen LogP) is 5.92. The first-order valence-electron chi connectivity index (χ1n) is 8.86. The van der Waals surface area contributed by atoms with Gasteiger partial charge in [-0.3, -0.25) is 0 Å². The van der Waals surface area contributed by atoms with Crippen LogP contribution in [0.2, 0.25) is 0 Å². The average molecular weight is 354 g/mol. The monoisotopic (exact) mass is 354 g/mol. The first kappa shape index (κ1) is 15.5. The lowest BCUT2D eigenvalue weighted by atomic mass is 10.0. The van der Waals surface area contributed by atoms with Gasteiger partial charge in [0.2, 0.25) is 0 Å². The van der Waals surface area contributed by atoms with E-state index in [0.29, 0.717) is 0 Å². The summed E-state index contributed by atoms with van der Waals surface area (Å²) in [7, 11) is 0. The van der Waals surface area contributed by atoms with Gasteiger partial charge in [0.1, 0.15) is 0 Å². The molecule has 0 aliphatic carbocycles. The number of aromatic nitrogens is 2. The number of benzene rings is 3. The van der Waals surface area contributed by atoms with E-state index >= 15 is 0 Å². The van der Waals surface area contributed by atoms with Crippen molar-refractivity contribution in [3.05, 3.63) is 90.8 Å². The van der Waals surface area contributed by atoms with E-state index in [-0.39, 0.29) is 0 Å². The molecule has 0 bridgehead atoms. The molecular weight excluding hydrogens is 336 g/mol. The first-order valence-corrected chi connectivity index (χ1v) is 9.67. The maximum absolute atomic E-state index is 4.82. The summed E-state index contributed by atoms with van der Waals surface area (Å²) in [6.07, 6.45) is 3.00. The third-order valence-electron chi connectivity index (χ3n) is 4.83. The van der Waals surface area contributed by atoms with Crippen LogP contribution in [0.25, 0.3) is 22.5 Å². The second-order valence-electron chi connectivity index (χ2n) is 6.47. The zero-order valence-corrected chi connectivity index (χ0v) is 15.1. The molecule has 0 unspecified atom stereocenters. The first-order chi connectivity index (χ1) is 12.9. The smallest absolute Gasteiger partial charge is 0.0974 e. The van der Waals surface area contributed by atoms with Gasteiger partial charge in [-0.25, -0.2) is 4.98 Å². The van der Waals surface area contributed by atoms with Gasteiger partial charge < -0.3 is 4.57 Å². The number of rotatable bonds is 3. The molecule has 2 heterocycles. The number of fused-ring (bicyclic) bond motifs is 5. The highest BCUT2D eigenvalue weighted by Crippen LogP contribution is 2.47. The summed E-state index contributed by atoms with van der Waals surface area (Å²) in [5, 5.41) is 0. The van der Waals surface area contributed by atoms with Gasteiger partial charge in [-0.05, 0) is 24.1 Å². The molecule has 1 aromatic heterocycles. The van der Waals surface area contributed by atoms with Crippen LogP contribution in [0.15, 0.2) is 95.0 Å². The zero-order valence-electron chi connectivity index (χ0n) is 14.3. The Morgan fingerprint density at radius 1 is 0.731 bits per heavy atom. The fraction of sp³-hybridized carbons (Fsp3) is 0.0870. The lowest BCUT2D eigenvalue weighted by Crippen LogP contribution is -2.02. The van der Waals surface area contributed by atoms with Crippen molar-refractivity contribution in [1.29, 1.82) is 0 Å². The molecule has 3 aromatic carbocycles. The highest BCUT2D eigenvalue weighted by Gasteiger charge is 2.23. The molecule has 26 heavy (non-hydrogen) atoms. The van der Waals surface area contributed by atoms with Crippen LogP contribution in [0.1, 0.15) is 5.56 Å². The summed E-state index contributed by atoms with van der Waals surface area (Å²) in [5.41, 5.74) is 6.17. The number of hydrogen-bond donors (Lipinski definition) is 0. The minimum absolute atomic E-state index is 0.924. The third kappa shape index (κ3) is 2.65.